The van der Waals surface area contributed by atoms with Crippen LogP contribution in [0.4, 0.5) is 0 Å². The van der Waals surface area contributed by atoms with Gasteiger partial charge in [0.25, 0.3) is 0 Å². The predicted octanol–water partition coefficient (Wildman–Crippen LogP) is 10.4. The van der Waals surface area contributed by atoms with Gasteiger partial charge in [0.1, 0.15) is 5.82 Å². The Hall–Kier alpha value is -3.95. The first-order valence-corrected chi connectivity index (χ1v) is 16.9. The van der Waals surface area contributed by atoms with Crippen LogP contribution in [0.3, 0.4) is 0 Å². The summed E-state index contributed by atoms with van der Waals surface area (Å²) >= 11 is 0. The zero-order chi connectivity index (χ0) is 31.8. The van der Waals surface area contributed by atoms with E-state index in [1.807, 2.05) is 30.5 Å². The molecule has 0 saturated carbocycles. The summed E-state index contributed by atoms with van der Waals surface area (Å²) in [6.45, 7) is 11.2. The number of rotatable bonds is 9. The molecule has 3 aromatic heterocycles. The number of para-hydroxylation sites is 1. The summed E-state index contributed by atoms with van der Waals surface area (Å²) in [5.41, 5.74) is 9.60. The third kappa shape index (κ3) is 6.00. The van der Waals surface area contributed by atoms with Gasteiger partial charge in [0.15, 0.2) is 0 Å². The molecule has 1 aliphatic carbocycles. The van der Waals surface area contributed by atoms with E-state index in [0.717, 1.165) is 58.1 Å². The van der Waals surface area contributed by atoms with E-state index in [4.69, 9.17) is 14.8 Å². The molecule has 3 aromatic carbocycles. The predicted molar refractivity (Wildman–Crippen MR) is 188 cm³/mol. The molecule has 242 valence electrons. The van der Waals surface area contributed by atoms with Gasteiger partial charge in [0, 0.05) is 40.4 Å². The molecule has 0 radical (unpaired) electrons. The molecular formula is C41H42N4OPt. The van der Waals surface area contributed by atoms with E-state index in [1.54, 1.807) is 5.57 Å². The Bertz CT molecular complexity index is 2070. The number of aromatic nitrogens is 4. The summed E-state index contributed by atoms with van der Waals surface area (Å²) in [5.74, 6) is 3.24. The Morgan fingerprint density at radius 2 is 1.70 bits per heavy atom. The van der Waals surface area contributed by atoms with Crippen molar-refractivity contribution < 1.29 is 25.8 Å². The molecular weight excluding hydrogens is 760 g/mol. The van der Waals surface area contributed by atoms with Gasteiger partial charge in [-0.3, -0.25) is 4.68 Å². The molecule has 2 atom stereocenters. The molecule has 0 aliphatic heterocycles. The summed E-state index contributed by atoms with van der Waals surface area (Å²) in [6.07, 6.45) is 10.9. The summed E-state index contributed by atoms with van der Waals surface area (Å²) in [5, 5.41) is 7.51. The Kier molecular flexibility index (Phi) is 9.85. The largest absolute Gasteiger partial charge is 2.00 e. The first-order chi connectivity index (χ1) is 22.5. The third-order valence-corrected chi connectivity index (χ3v) is 9.71. The van der Waals surface area contributed by atoms with Crippen LogP contribution in [0.5, 0.6) is 11.5 Å². The van der Waals surface area contributed by atoms with Gasteiger partial charge in [0.05, 0.1) is 5.69 Å². The average molecular weight is 802 g/mol. The van der Waals surface area contributed by atoms with Crippen LogP contribution in [0.2, 0.25) is 0 Å². The van der Waals surface area contributed by atoms with Crippen molar-refractivity contribution in [2.45, 2.75) is 79.1 Å². The number of aryl methyl sites for hydroxylation is 2. The molecule has 47 heavy (non-hydrogen) atoms. The summed E-state index contributed by atoms with van der Waals surface area (Å²) in [7, 11) is 0. The molecule has 0 saturated heterocycles. The van der Waals surface area contributed by atoms with E-state index in [0.29, 0.717) is 23.3 Å². The van der Waals surface area contributed by atoms with E-state index in [2.05, 4.69) is 105 Å². The van der Waals surface area contributed by atoms with Crippen molar-refractivity contribution in [3.05, 3.63) is 119 Å². The van der Waals surface area contributed by atoms with Crippen molar-refractivity contribution in [2.24, 2.45) is 5.92 Å². The van der Waals surface area contributed by atoms with Crippen LogP contribution in [0.25, 0.3) is 33.3 Å². The smallest absolute Gasteiger partial charge is 0.509 e. The van der Waals surface area contributed by atoms with Crippen LogP contribution in [0.1, 0.15) is 81.8 Å². The van der Waals surface area contributed by atoms with Gasteiger partial charge < -0.3 is 9.30 Å². The van der Waals surface area contributed by atoms with Crippen LogP contribution >= 0.6 is 0 Å². The van der Waals surface area contributed by atoms with E-state index in [1.165, 1.54) is 36.2 Å². The van der Waals surface area contributed by atoms with E-state index in [9.17, 15) is 0 Å². The fourth-order valence-corrected chi connectivity index (χ4v) is 7.53. The van der Waals surface area contributed by atoms with Crippen molar-refractivity contribution in [3.63, 3.8) is 0 Å². The standard InChI is InChI=1S/C41H42N4O.Pt/c1-6-28-14-12-15-29(7-2)40(28)41-35(8-3)43-45(36(41)9-4)30-16-13-17-31(25-30)46-32-20-21-34-33-18-10-11-19-37(33)44(38(34)26-32)39-24-27(5)22-23-42-39;/h10-11,13-14,16-24,29,40H,6-9,12,15H2,1-5H3;/q-2;+2/t29-,40?;/m0./s1. The summed E-state index contributed by atoms with van der Waals surface area (Å²) in [4.78, 5) is 4.71. The number of benzene rings is 3. The van der Waals surface area contributed by atoms with Crippen LogP contribution in [0.15, 0.2) is 84.6 Å². The quantitative estimate of drug-likeness (QED) is 0.108. The molecule has 5 nitrogen and oxygen atoms in total. The number of ether oxygens (including phenoxy) is 1. The molecule has 3 heterocycles. The van der Waals surface area contributed by atoms with Crippen molar-refractivity contribution in [2.75, 3.05) is 0 Å². The molecule has 0 N–H and O–H groups in total. The Morgan fingerprint density at radius 1 is 0.872 bits per heavy atom. The minimum Gasteiger partial charge on any atom is -0.509 e. The van der Waals surface area contributed by atoms with E-state index in [-0.39, 0.29) is 21.1 Å². The van der Waals surface area contributed by atoms with Crippen LogP contribution in [0, 0.1) is 25.0 Å². The van der Waals surface area contributed by atoms with Crippen LogP contribution < -0.4 is 4.74 Å². The molecule has 0 fully saturated rings. The van der Waals surface area contributed by atoms with Gasteiger partial charge in [-0.2, -0.15) is 17.2 Å². The maximum Gasteiger partial charge on any atom is 2.00 e. The maximum atomic E-state index is 6.49. The molecule has 6 aromatic rings. The zero-order valence-electron chi connectivity index (χ0n) is 27.9. The van der Waals surface area contributed by atoms with Gasteiger partial charge in [-0.05, 0) is 79.8 Å². The van der Waals surface area contributed by atoms with Gasteiger partial charge in [-0.25, -0.2) is 4.98 Å². The summed E-state index contributed by atoms with van der Waals surface area (Å²) in [6, 6.07) is 29.9. The minimum absolute atomic E-state index is 0. The fourth-order valence-electron chi connectivity index (χ4n) is 7.53. The first kappa shape index (κ1) is 33.0. The normalized spacial score (nSPS) is 16.3. The zero-order valence-corrected chi connectivity index (χ0v) is 30.2. The van der Waals surface area contributed by atoms with Gasteiger partial charge in [-0.15, -0.1) is 35.7 Å². The summed E-state index contributed by atoms with van der Waals surface area (Å²) < 4.78 is 10.8. The van der Waals surface area contributed by atoms with Gasteiger partial charge in [-0.1, -0.05) is 69.5 Å². The second-order valence-electron chi connectivity index (χ2n) is 12.4. The Balaban J connectivity index is 0.00000386. The van der Waals surface area contributed by atoms with Crippen molar-refractivity contribution in [1.82, 2.24) is 19.3 Å². The number of fused-ring (bicyclic) bond motifs is 3. The molecule has 0 bridgehead atoms. The van der Waals surface area contributed by atoms with Crippen LogP contribution in [-0.4, -0.2) is 19.3 Å². The number of nitrogens with zero attached hydrogens (tertiary/aromatic N) is 4. The number of allylic oxidation sites excluding steroid dienone is 2. The average Bonchev–Trinajstić information content (AvgIpc) is 3.63. The SMILES string of the molecule is CCC1=CCC[C@H](CC)C1c1c(CC)nn(-c2[c-]c(Oc3[c-]c4c(cc3)c3ccccc3n4-c3cc(C)ccn3)ccc2)c1CC.[Pt+2]. The molecule has 0 spiro atoms. The van der Waals surface area contributed by atoms with E-state index < -0.39 is 0 Å². The molecule has 6 heteroatoms. The van der Waals surface area contributed by atoms with Crippen molar-refractivity contribution >= 4 is 21.8 Å². The first-order valence-electron chi connectivity index (χ1n) is 16.9. The molecule has 1 unspecified atom stereocenters. The second-order valence-corrected chi connectivity index (χ2v) is 12.4. The molecule has 7 rings (SSSR count). The van der Waals surface area contributed by atoms with Crippen LogP contribution in [-0.2, 0) is 33.9 Å². The Labute approximate surface area is 292 Å². The molecule has 0 amide bonds. The van der Waals surface area contributed by atoms with Gasteiger partial charge in [0.2, 0.25) is 0 Å². The number of hydrogen-bond donors (Lipinski definition) is 0. The third-order valence-electron chi connectivity index (χ3n) is 9.71. The Morgan fingerprint density at radius 3 is 2.47 bits per heavy atom. The van der Waals surface area contributed by atoms with Crippen molar-refractivity contribution in [3.8, 4) is 23.0 Å². The van der Waals surface area contributed by atoms with Gasteiger partial charge >= 0.3 is 21.1 Å². The fraction of sp³-hybridized carbons (Fsp3) is 0.317. The van der Waals surface area contributed by atoms with Crippen molar-refractivity contribution in [1.29, 1.82) is 0 Å². The second kappa shape index (κ2) is 14.0. The topological polar surface area (TPSA) is 44.9 Å². The monoisotopic (exact) mass is 801 g/mol. The minimum atomic E-state index is 0. The number of hydrogen-bond acceptors (Lipinski definition) is 3. The number of pyridine rings is 1. The maximum absolute atomic E-state index is 6.49. The molecule has 1 aliphatic rings. The van der Waals surface area contributed by atoms with E-state index >= 15 is 0 Å².